The molecular weight excluding hydrogens is 440 g/mol. The minimum Gasteiger partial charge on any atom is -0.494 e. The summed E-state index contributed by atoms with van der Waals surface area (Å²) >= 11 is 6.86. The van der Waals surface area contributed by atoms with E-state index < -0.39 is 0 Å². The van der Waals surface area contributed by atoms with Gasteiger partial charge in [0.05, 0.1) is 24.7 Å². The van der Waals surface area contributed by atoms with Crippen LogP contribution < -0.4 is 4.74 Å². The maximum Gasteiger partial charge on any atom is 0.266 e. The fourth-order valence-electron chi connectivity index (χ4n) is 3.85. The zero-order chi connectivity index (χ0) is 22.6. The van der Waals surface area contributed by atoms with E-state index in [4.69, 9.17) is 21.7 Å². The molecule has 5 nitrogen and oxygen atoms in total. The van der Waals surface area contributed by atoms with Gasteiger partial charge in [0.1, 0.15) is 10.1 Å². The fourth-order valence-corrected chi connectivity index (χ4v) is 5.16. The number of amides is 1. The average molecular weight is 477 g/mol. The van der Waals surface area contributed by atoms with E-state index in [2.05, 4.69) is 11.8 Å². The topological polar surface area (TPSA) is 42.0 Å². The molecule has 2 heterocycles. The van der Waals surface area contributed by atoms with Gasteiger partial charge in [-0.1, -0.05) is 75.1 Å². The molecule has 0 bridgehead atoms. The van der Waals surface area contributed by atoms with Crippen molar-refractivity contribution in [3.63, 3.8) is 0 Å². The van der Waals surface area contributed by atoms with Crippen LogP contribution in [0.15, 0.2) is 29.2 Å². The summed E-state index contributed by atoms with van der Waals surface area (Å²) in [6.07, 6.45) is 10.4. The molecular formula is C25H36N2O3S2. The number of nitrogens with zero attached hydrogens (tertiary/aromatic N) is 2. The zero-order valence-electron chi connectivity index (χ0n) is 19.2. The molecule has 2 fully saturated rings. The summed E-state index contributed by atoms with van der Waals surface area (Å²) in [5.41, 5.74) is 0.991. The van der Waals surface area contributed by atoms with Crippen LogP contribution in [0.1, 0.15) is 57.4 Å². The molecule has 176 valence electrons. The van der Waals surface area contributed by atoms with Crippen LogP contribution in [-0.4, -0.2) is 66.0 Å². The largest absolute Gasteiger partial charge is 0.494 e. The van der Waals surface area contributed by atoms with E-state index in [1.165, 1.54) is 43.9 Å². The molecule has 3 rings (SSSR count). The number of benzene rings is 1. The Kier molecular flexibility index (Phi) is 11.0. The normalized spacial score (nSPS) is 18.7. The summed E-state index contributed by atoms with van der Waals surface area (Å²) in [5, 5.41) is 0. The van der Waals surface area contributed by atoms with E-state index in [1.54, 1.807) is 4.90 Å². The molecule has 0 aromatic heterocycles. The van der Waals surface area contributed by atoms with Crippen LogP contribution in [-0.2, 0) is 9.53 Å². The van der Waals surface area contributed by atoms with E-state index >= 15 is 0 Å². The van der Waals surface area contributed by atoms with Crippen molar-refractivity contribution in [3.05, 3.63) is 34.7 Å². The third-order valence-corrected chi connectivity index (χ3v) is 7.16. The van der Waals surface area contributed by atoms with Gasteiger partial charge in [-0.15, -0.1) is 0 Å². The summed E-state index contributed by atoms with van der Waals surface area (Å²) < 4.78 is 11.9. The first-order valence-corrected chi connectivity index (χ1v) is 13.2. The van der Waals surface area contributed by atoms with Crippen LogP contribution in [0.5, 0.6) is 5.75 Å². The van der Waals surface area contributed by atoms with E-state index in [-0.39, 0.29) is 5.91 Å². The molecule has 0 saturated carbocycles. The van der Waals surface area contributed by atoms with Crippen LogP contribution in [0.4, 0.5) is 0 Å². The number of hydrogen-bond donors (Lipinski definition) is 0. The Morgan fingerprint density at radius 3 is 2.50 bits per heavy atom. The molecule has 0 radical (unpaired) electrons. The van der Waals surface area contributed by atoms with Gasteiger partial charge in [0.2, 0.25) is 0 Å². The van der Waals surface area contributed by atoms with Gasteiger partial charge >= 0.3 is 0 Å². The molecule has 32 heavy (non-hydrogen) atoms. The van der Waals surface area contributed by atoms with Crippen LogP contribution in [0.2, 0.25) is 0 Å². The Morgan fingerprint density at radius 2 is 1.75 bits per heavy atom. The third kappa shape index (κ3) is 8.18. The molecule has 7 heteroatoms. The zero-order valence-corrected chi connectivity index (χ0v) is 20.9. The number of carbonyl (C=O) groups is 1. The van der Waals surface area contributed by atoms with Gasteiger partial charge in [-0.2, -0.15) is 0 Å². The Morgan fingerprint density at radius 1 is 1.03 bits per heavy atom. The second-order valence-electron chi connectivity index (χ2n) is 8.33. The Hall–Kier alpha value is -1.41. The smallest absolute Gasteiger partial charge is 0.266 e. The Labute approximate surface area is 202 Å². The van der Waals surface area contributed by atoms with Crippen LogP contribution >= 0.6 is 24.0 Å². The van der Waals surface area contributed by atoms with E-state index in [1.807, 2.05) is 30.3 Å². The SMILES string of the molecule is CCCCCCCCOc1ccc(C=C2SC(=S)N(CCCN3CCOCC3)C2=O)cc1. The molecule has 0 spiro atoms. The van der Waals surface area contributed by atoms with Gasteiger partial charge in [-0.3, -0.25) is 14.6 Å². The maximum atomic E-state index is 12.8. The summed E-state index contributed by atoms with van der Waals surface area (Å²) in [7, 11) is 0. The van der Waals surface area contributed by atoms with Gasteiger partial charge in [0.15, 0.2) is 0 Å². The number of rotatable bonds is 13. The lowest BCUT2D eigenvalue weighted by Gasteiger charge is -2.27. The van der Waals surface area contributed by atoms with Crippen molar-refractivity contribution in [2.24, 2.45) is 0 Å². The molecule has 0 unspecified atom stereocenters. The fraction of sp³-hybridized carbons (Fsp3) is 0.600. The number of morpholine rings is 1. The van der Waals surface area contributed by atoms with Gasteiger partial charge in [0, 0.05) is 26.2 Å². The number of hydrogen-bond acceptors (Lipinski definition) is 6. The maximum absolute atomic E-state index is 12.8. The average Bonchev–Trinajstić information content (AvgIpc) is 3.07. The highest BCUT2D eigenvalue weighted by Crippen LogP contribution is 2.32. The molecule has 1 aromatic carbocycles. The number of carbonyl (C=O) groups excluding carboxylic acids is 1. The van der Waals surface area contributed by atoms with Crippen molar-refractivity contribution in [2.75, 3.05) is 46.0 Å². The van der Waals surface area contributed by atoms with Crippen LogP contribution in [0.25, 0.3) is 6.08 Å². The molecule has 2 aliphatic heterocycles. The summed E-state index contributed by atoms with van der Waals surface area (Å²) in [4.78, 5) is 17.6. The van der Waals surface area contributed by atoms with Crippen molar-refractivity contribution in [2.45, 2.75) is 51.9 Å². The molecule has 0 atom stereocenters. The summed E-state index contributed by atoms with van der Waals surface area (Å²) in [5.74, 6) is 0.900. The second-order valence-corrected chi connectivity index (χ2v) is 10.0. The minimum atomic E-state index is 0.0189. The highest BCUT2D eigenvalue weighted by molar-refractivity contribution is 8.26. The van der Waals surface area contributed by atoms with Crippen LogP contribution in [0.3, 0.4) is 0 Å². The molecule has 0 aliphatic carbocycles. The van der Waals surface area contributed by atoms with Gasteiger partial charge in [-0.25, -0.2) is 0 Å². The highest BCUT2D eigenvalue weighted by Gasteiger charge is 2.31. The molecule has 2 aliphatic rings. The van der Waals surface area contributed by atoms with E-state index in [9.17, 15) is 4.79 Å². The van der Waals surface area contributed by atoms with Crippen molar-refractivity contribution in [1.29, 1.82) is 0 Å². The van der Waals surface area contributed by atoms with Crippen molar-refractivity contribution in [1.82, 2.24) is 9.80 Å². The molecule has 0 N–H and O–H groups in total. The van der Waals surface area contributed by atoms with E-state index in [0.29, 0.717) is 15.8 Å². The first kappa shape index (κ1) is 25.2. The third-order valence-electron chi connectivity index (χ3n) is 5.78. The van der Waals surface area contributed by atoms with Crippen molar-refractivity contribution < 1.29 is 14.3 Å². The van der Waals surface area contributed by atoms with Gasteiger partial charge < -0.3 is 9.47 Å². The quantitative estimate of drug-likeness (QED) is 0.217. The second kappa shape index (κ2) is 14.0. The van der Waals surface area contributed by atoms with Crippen molar-refractivity contribution in [3.8, 4) is 5.75 Å². The highest BCUT2D eigenvalue weighted by atomic mass is 32.2. The number of thioether (sulfide) groups is 1. The predicted molar refractivity (Wildman–Crippen MR) is 137 cm³/mol. The number of unbranched alkanes of at least 4 members (excludes halogenated alkanes) is 5. The standard InChI is InChI=1S/C25H36N2O3S2/c1-2-3-4-5-6-7-17-30-22-11-9-21(10-12-22)20-23-24(28)27(25(31)32-23)14-8-13-26-15-18-29-19-16-26/h9-12,20H,2-8,13-19H2,1H3. The first-order valence-electron chi connectivity index (χ1n) is 12.0. The Bertz CT molecular complexity index is 761. The lowest BCUT2D eigenvalue weighted by Crippen LogP contribution is -2.38. The van der Waals surface area contributed by atoms with Gasteiger partial charge in [0.25, 0.3) is 5.91 Å². The summed E-state index contributed by atoms with van der Waals surface area (Å²) in [6.45, 7) is 8.17. The van der Waals surface area contributed by atoms with Gasteiger partial charge in [-0.05, 0) is 36.6 Å². The van der Waals surface area contributed by atoms with Crippen molar-refractivity contribution >= 4 is 40.3 Å². The number of ether oxygens (including phenoxy) is 2. The van der Waals surface area contributed by atoms with Crippen LogP contribution in [0, 0.1) is 0 Å². The molecule has 2 saturated heterocycles. The number of thiocarbonyl (C=S) groups is 1. The molecule has 1 amide bonds. The first-order chi connectivity index (χ1) is 15.7. The summed E-state index contributed by atoms with van der Waals surface area (Å²) in [6, 6.07) is 7.96. The van der Waals surface area contributed by atoms with E-state index in [0.717, 1.165) is 63.6 Å². The molecule has 1 aromatic rings. The predicted octanol–water partition coefficient (Wildman–Crippen LogP) is 5.35. The lowest BCUT2D eigenvalue weighted by atomic mass is 10.1. The Balaban J connectivity index is 1.41. The minimum absolute atomic E-state index is 0.0189. The lowest BCUT2D eigenvalue weighted by molar-refractivity contribution is -0.122. The monoisotopic (exact) mass is 476 g/mol.